The molecule has 106 valence electrons. The maximum atomic E-state index is 12.0. The summed E-state index contributed by atoms with van der Waals surface area (Å²) in [7, 11) is 0. The van der Waals surface area contributed by atoms with Crippen LogP contribution in [0.25, 0.3) is 11.2 Å². The van der Waals surface area contributed by atoms with Gasteiger partial charge in [0, 0.05) is 12.1 Å². The standard InChI is InChI=1S/C16H16N4O/c1-16(15(17)21,11-5-3-2-4-6-11)9-12-7-8-13-14(20-12)19-10-18-13/h2-8,10H,9H2,1H3,(H2,17,21)(H,18,19,20). The second-order valence-corrected chi connectivity index (χ2v) is 5.32. The highest BCUT2D eigenvalue weighted by Crippen LogP contribution is 2.27. The van der Waals surface area contributed by atoms with E-state index in [1.807, 2.05) is 49.4 Å². The highest BCUT2D eigenvalue weighted by molar-refractivity contribution is 5.86. The van der Waals surface area contributed by atoms with Gasteiger partial charge >= 0.3 is 0 Å². The maximum Gasteiger partial charge on any atom is 0.228 e. The average molecular weight is 280 g/mol. The number of aromatic amines is 1. The number of amides is 1. The van der Waals surface area contributed by atoms with Crippen molar-refractivity contribution in [2.75, 3.05) is 0 Å². The molecule has 0 saturated heterocycles. The van der Waals surface area contributed by atoms with E-state index < -0.39 is 5.41 Å². The van der Waals surface area contributed by atoms with Crippen molar-refractivity contribution in [2.24, 2.45) is 5.73 Å². The summed E-state index contributed by atoms with van der Waals surface area (Å²) in [4.78, 5) is 23.6. The fraction of sp³-hybridized carbons (Fsp3) is 0.188. The summed E-state index contributed by atoms with van der Waals surface area (Å²) in [5.74, 6) is -0.363. The number of imidazole rings is 1. The number of H-pyrrole nitrogens is 1. The monoisotopic (exact) mass is 280 g/mol. The molecule has 2 aromatic heterocycles. The minimum atomic E-state index is -0.793. The second-order valence-electron chi connectivity index (χ2n) is 5.32. The number of nitrogens with two attached hydrogens (primary N) is 1. The van der Waals surface area contributed by atoms with Gasteiger partial charge in [0.2, 0.25) is 5.91 Å². The van der Waals surface area contributed by atoms with E-state index >= 15 is 0 Å². The van der Waals surface area contributed by atoms with Crippen LogP contribution in [0.1, 0.15) is 18.2 Å². The molecule has 2 heterocycles. The number of carbonyl (C=O) groups is 1. The van der Waals surface area contributed by atoms with Gasteiger partial charge in [-0.2, -0.15) is 0 Å². The predicted octanol–water partition coefficient (Wildman–Crippen LogP) is 1.94. The number of hydrogen-bond acceptors (Lipinski definition) is 3. The number of nitrogens with zero attached hydrogens (tertiary/aromatic N) is 2. The van der Waals surface area contributed by atoms with Crippen LogP contribution in [-0.4, -0.2) is 20.9 Å². The highest BCUT2D eigenvalue weighted by atomic mass is 16.1. The zero-order valence-electron chi connectivity index (χ0n) is 11.7. The lowest BCUT2D eigenvalue weighted by atomic mass is 9.78. The van der Waals surface area contributed by atoms with Gasteiger partial charge in [0.15, 0.2) is 5.65 Å². The van der Waals surface area contributed by atoms with Crippen molar-refractivity contribution in [3.8, 4) is 0 Å². The van der Waals surface area contributed by atoms with Crippen molar-refractivity contribution >= 4 is 17.1 Å². The van der Waals surface area contributed by atoms with Gasteiger partial charge in [-0.3, -0.25) is 4.79 Å². The summed E-state index contributed by atoms with van der Waals surface area (Å²) in [5.41, 5.74) is 8.06. The molecule has 0 fully saturated rings. The number of hydrogen-bond donors (Lipinski definition) is 2. The Labute approximate surface area is 122 Å². The van der Waals surface area contributed by atoms with Crippen LogP contribution in [0.3, 0.4) is 0 Å². The second kappa shape index (κ2) is 5.01. The zero-order valence-corrected chi connectivity index (χ0v) is 11.7. The number of primary amides is 1. The Morgan fingerprint density at radius 2 is 2.00 bits per heavy atom. The van der Waals surface area contributed by atoms with E-state index in [1.54, 1.807) is 6.33 Å². The summed E-state index contributed by atoms with van der Waals surface area (Å²) in [6.07, 6.45) is 2.04. The van der Waals surface area contributed by atoms with Gasteiger partial charge in [-0.25, -0.2) is 9.97 Å². The van der Waals surface area contributed by atoms with Crippen LogP contribution in [0.4, 0.5) is 0 Å². The lowest BCUT2D eigenvalue weighted by molar-refractivity contribution is -0.123. The molecule has 0 radical (unpaired) electrons. The number of benzene rings is 1. The van der Waals surface area contributed by atoms with Crippen molar-refractivity contribution < 1.29 is 4.79 Å². The summed E-state index contributed by atoms with van der Waals surface area (Å²) < 4.78 is 0. The quantitative estimate of drug-likeness (QED) is 0.766. The smallest absolute Gasteiger partial charge is 0.228 e. The molecule has 3 aromatic rings. The third kappa shape index (κ3) is 2.38. The van der Waals surface area contributed by atoms with E-state index in [1.165, 1.54) is 0 Å². The Bertz CT molecular complexity index is 781. The lowest BCUT2D eigenvalue weighted by Gasteiger charge is -2.26. The molecule has 0 aliphatic carbocycles. The summed E-state index contributed by atoms with van der Waals surface area (Å²) >= 11 is 0. The minimum absolute atomic E-state index is 0.363. The molecule has 0 aliphatic heterocycles. The van der Waals surface area contributed by atoms with Gasteiger partial charge in [0.05, 0.1) is 17.3 Å². The Kier molecular flexibility index (Phi) is 3.17. The molecule has 0 aliphatic rings. The van der Waals surface area contributed by atoms with E-state index in [4.69, 9.17) is 5.73 Å². The average Bonchev–Trinajstić information content (AvgIpc) is 2.95. The molecule has 0 saturated carbocycles. The first-order valence-electron chi connectivity index (χ1n) is 6.74. The largest absolute Gasteiger partial charge is 0.369 e. The number of nitrogens with one attached hydrogen (secondary N) is 1. The highest BCUT2D eigenvalue weighted by Gasteiger charge is 2.33. The molecule has 1 amide bonds. The van der Waals surface area contributed by atoms with Gasteiger partial charge in [-0.05, 0) is 24.6 Å². The third-order valence-electron chi connectivity index (χ3n) is 3.83. The molecule has 3 rings (SSSR count). The lowest BCUT2D eigenvalue weighted by Crippen LogP contribution is -2.40. The Hall–Kier alpha value is -2.69. The molecule has 5 nitrogen and oxygen atoms in total. The van der Waals surface area contributed by atoms with E-state index in [2.05, 4.69) is 15.0 Å². The van der Waals surface area contributed by atoms with Gasteiger partial charge in [-0.15, -0.1) is 0 Å². The SMILES string of the molecule is CC(Cc1ccc2[nH]cnc2n1)(C(N)=O)c1ccccc1. The van der Waals surface area contributed by atoms with Gasteiger partial charge < -0.3 is 10.7 Å². The van der Waals surface area contributed by atoms with Crippen molar-refractivity contribution in [2.45, 2.75) is 18.8 Å². The molecular weight excluding hydrogens is 264 g/mol. The van der Waals surface area contributed by atoms with E-state index in [0.29, 0.717) is 12.1 Å². The first kappa shape index (κ1) is 13.3. The minimum Gasteiger partial charge on any atom is -0.369 e. The van der Waals surface area contributed by atoms with Crippen LogP contribution in [-0.2, 0) is 16.6 Å². The van der Waals surface area contributed by atoms with E-state index in [-0.39, 0.29) is 5.91 Å². The number of rotatable bonds is 4. The van der Waals surface area contributed by atoms with Crippen LogP contribution in [0.5, 0.6) is 0 Å². The van der Waals surface area contributed by atoms with Crippen molar-refractivity contribution in [1.29, 1.82) is 0 Å². The number of aromatic nitrogens is 3. The Morgan fingerprint density at radius 1 is 1.24 bits per heavy atom. The number of carbonyl (C=O) groups excluding carboxylic acids is 1. The van der Waals surface area contributed by atoms with Gasteiger partial charge in [-0.1, -0.05) is 30.3 Å². The number of pyridine rings is 1. The van der Waals surface area contributed by atoms with Gasteiger partial charge in [0.1, 0.15) is 0 Å². The van der Waals surface area contributed by atoms with E-state index in [0.717, 1.165) is 16.8 Å². The molecule has 5 heteroatoms. The van der Waals surface area contributed by atoms with Crippen LogP contribution in [0.2, 0.25) is 0 Å². The Morgan fingerprint density at radius 3 is 2.71 bits per heavy atom. The molecule has 1 atom stereocenters. The zero-order chi connectivity index (χ0) is 14.9. The molecule has 3 N–H and O–H groups in total. The maximum absolute atomic E-state index is 12.0. The first-order chi connectivity index (χ1) is 10.1. The molecule has 1 unspecified atom stereocenters. The molecule has 21 heavy (non-hydrogen) atoms. The first-order valence-corrected chi connectivity index (χ1v) is 6.74. The van der Waals surface area contributed by atoms with Crippen molar-refractivity contribution in [1.82, 2.24) is 15.0 Å². The predicted molar refractivity (Wildman–Crippen MR) is 80.6 cm³/mol. The number of fused-ring (bicyclic) bond motifs is 1. The summed E-state index contributed by atoms with van der Waals surface area (Å²) in [5, 5.41) is 0. The summed E-state index contributed by atoms with van der Waals surface area (Å²) in [6, 6.07) is 13.4. The molecule has 0 spiro atoms. The molecule has 0 bridgehead atoms. The van der Waals surface area contributed by atoms with Crippen molar-refractivity contribution in [3.63, 3.8) is 0 Å². The topological polar surface area (TPSA) is 84.7 Å². The van der Waals surface area contributed by atoms with Gasteiger partial charge in [0.25, 0.3) is 0 Å². The fourth-order valence-corrected chi connectivity index (χ4v) is 2.46. The fourth-order valence-electron chi connectivity index (χ4n) is 2.46. The third-order valence-corrected chi connectivity index (χ3v) is 3.83. The van der Waals surface area contributed by atoms with Crippen LogP contribution >= 0.6 is 0 Å². The Balaban J connectivity index is 2.00. The van der Waals surface area contributed by atoms with Crippen LogP contribution in [0, 0.1) is 0 Å². The molecule has 1 aromatic carbocycles. The van der Waals surface area contributed by atoms with Crippen LogP contribution in [0.15, 0.2) is 48.8 Å². The molecular formula is C16H16N4O. The van der Waals surface area contributed by atoms with E-state index in [9.17, 15) is 4.79 Å². The summed E-state index contributed by atoms with van der Waals surface area (Å²) in [6.45, 7) is 1.85. The van der Waals surface area contributed by atoms with Crippen LogP contribution < -0.4 is 5.73 Å². The van der Waals surface area contributed by atoms with Crippen molar-refractivity contribution in [3.05, 3.63) is 60.0 Å². The normalized spacial score (nSPS) is 14.0.